The van der Waals surface area contributed by atoms with Crippen LogP contribution in [0.15, 0.2) is 17.8 Å². The van der Waals surface area contributed by atoms with Gasteiger partial charge in [-0.15, -0.1) is 22.7 Å². The van der Waals surface area contributed by atoms with Crippen LogP contribution >= 0.6 is 22.7 Å². The summed E-state index contributed by atoms with van der Waals surface area (Å²) in [6.45, 7) is 9.95. The van der Waals surface area contributed by atoms with Crippen LogP contribution in [0.2, 0.25) is 0 Å². The molecule has 0 amide bonds. The lowest BCUT2D eigenvalue weighted by molar-refractivity contribution is 0.643. The summed E-state index contributed by atoms with van der Waals surface area (Å²) in [6.07, 6.45) is 1.69. The molecule has 0 saturated carbocycles. The van der Waals surface area contributed by atoms with Gasteiger partial charge in [-0.05, 0) is 37.8 Å². The first-order valence-corrected chi connectivity index (χ1v) is 10.7. The van der Waals surface area contributed by atoms with Gasteiger partial charge in [0.1, 0.15) is 33.4 Å². The van der Waals surface area contributed by atoms with E-state index in [-0.39, 0.29) is 0 Å². The van der Waals surface area contributed by atoms with Crippen LogP contribution < -0.4 is 9.80 Å². The number of aromatic nitrogens is 4. The summed E-state index contributed by atoms with van der Waals surface area (Å²) in [5.41, 5.74) is 1.26. The van der Waals surface area contributed by atoms with E-state index in [0.29, 0.717) is 0 Å². The predicted molar refractivity (Wildman–Crippen MR) is 113 cm³/mol. The van der Waals surface area contributed by atoms with Crippen molar-refractivity contribution in [3.63, 3.8) is 0 Å². The predicted octanol–water partition coefficient (Wildman–Crippen LogP) is 3.95. The van der Waals surface area contributed by atoms with E-state index in [4.69, 9.17) is 4.98 Å². The normalized spacial score (nSPS) is 15.2. The van der Waals surface area contributed by atoms with E-state index in [9.17, 15) is 0 Å². The molecule has 0 unspecified atom stereocenters. The van der Waals surface area contributed by atoms with E-state index in [1.54, 1.807) is 29.0 Å². The van der Waals surface area contributed by atoms with Gasteiger partial charge in [-0.25, -0.2) is 19.9 Å². The SMILES string of the molecule is Cc1nc(N2CCN(c3ncnc4sc(C)cc34)CC2)c2c(C)csc2n1. The standard InChI is InChI=1S/C19H20N6S2/c1-11-9-26-19-15(11)17(22-13(3)23-19)25-6-4-24(5-7-25)16-14-8-12(2)27-18(14)21-10-20-16/h8-10H,4-7H2,1-3H3. The van der Waals surface area contributed by atoms with Crippen molar-refractivity contribution in [2.24, 2.45) is 0 Å². The molecule has 4 aromatic heterocycles. The number of rotatable bonds is 2. The van der Waals surface area contributed by atoms with Crippen LogP contribution in [0.1, 0.15) is 16.3 Å². The molecule has 0 aliphatic carbocycles. The second-order valence-electron chi connectivity index (χ2n) is 6.94. The van der Waals surface area contributed by atoms with Crippen molar-refractivity contribution in [3.8, 4) is 0 Å². The molecule has 138 valence electrons. The Morgan fingerprint density at radius 3 is 2.41 bits per heavy atom. The lowest BCUT2D eigenvalue weighted by atomic mass is 10.2. The number of hydrogen-bond acceptors (Lipinski definition) is 8. The van der Waals surface area contributed by atoms with Gasteiger partial charge in [0.25, 0.3) is 0 Å². The molecule has 5 heterocycles. The van der Waals surface area contributed by atoms with Gasteiger partial charge in [-0.2, -0.15) is 0 Å². The molecular weight excluding hydrogens is 376 g/mol. The average Bonchev–Trinajstić information content (AvgIpc) is 3.23. The molecule has 0 radical (unpaired) electrons. The summed E-state index contributed by atoms with van der Waals surface area (Å²) in [7, 11) is 0. The molecule has 1 aliphatic rings. The van der Waals surface area contributed by atoms with Crippen molar-refractivity contribution >= 4 is 54.7 Å². The van der Waals surface area contributed by atoms with Crippen LogP contribution in [-0.2, 0) is 0 Å². The van der Waals surface area contributed by atoms with E-state index >= 15 is 0 Å². The molecule has 1 aliphatic heterocycles. The van der Waals surface area contributed by atoms with Crippen LogP contribution in [0, 0.1) is 20.8 Å². The molecule has 0 N–H and O–H groups in total. The van der Waals surface area contributed by atoms with Crippen LogP contribution in [-0.4, -0.2) is 46.1 Å². The minimum absolute atomic E-state index is 0.841. The quantitative estimate of drug-likeness (QED) is 0.511. The average molecular weight is 397 g/mol. The summed E-state index contributed by atoms with van der Waals surface area (Å²) in [4.78, 5) is 26.6. The molecule has 6 nitrogen and oxygen atoms in total. The van der Waals surface area contributed by atoms with E-state index in [2.05, 4.69) is 50.0 Å². The molecule has 5 rings (SSSR count). The van der Waals surface area contributed by atoms with Gasteiger partial charge in [0.05, 0.1) is 10.8 Å². The molecule has 8 heteroatoms. The highest BCUT2D eigenvalue weighted by atomic mass is 32.1. The minimum Gasteiger partial charge on any atom is -0.352 e. The fourth-order valence-electron chi connectivity index (χ4n) is 3.74. The smallest absolute Gasteiger partial charge is 0.141 e. The van der Waals surface area contributed by atoms with Crippen LogP contribution in [0.4, 0.5) is 11.6 Å². The van der Waals surface area contributed by atoms with Crippen molar-refractivity contribution in [2.45, 2.75) is 20.8 Å². The molecule has 1 fully saturated rings. The third-order valence-electron chi connectivity index (χ3n) is 5.02. The van der Waals surface area contributed by atoms with E-state index in [1.165, 1.54) is 21.2 Å². The maximum atomic E-state index is 4.79. The van der Waals surface area contributed by atoms with Crippen molar-refractivity contribution in [1.82, 2.24) is 19.9 Å². The number of piperazine rings is 1. The van der Waals surface area contributed by atoms with Crippen LogP contribution in [0.25, 0.3) is 20.4 Å². The first-order valence-electron chi connectivity index (χ1n) is 9.03. The first-order chi connectivity index (χ1) is 13.1. The largest absolute Gasteiger partial charge is 0.352 e. The van der Waals surface area contributed by atoms with Gasteiger partial charge >= 0.3 is 0 Å². The summed E-state index contributed by atoms with van der Waals surface area (Å²) in [6, 6.07) is 2.20. The van der Waals surface area contributed by atoms with Crippen molar-refractivity contribution in [2.75, 3.05) is 36.0 Å². The van der Waals surface area contributed by atoms with Gasteiger partial charge in [-0.1, -0.05) is 0 Å². The Morgan fingerprint density at radius 1 is 0.889 bits per heavy atom. The number of hydrogen-bond donors (Lipinski definition) is 0. The van der Waals surface area contributed by atoms with Crippen molar-refractivity contribution in [3.05, 3.63) is 34.0 Å². The highest BCUT2D eigenvalue weighted by molar-refractivity contribution is 7.18. The fraction of sp³-hybridized carbons (Fsp3) is 0.368. The fourth-order valence-corrected chi connectivity index (χ4v) is 5.54. The number of fused-ring (bicyclic) bond motifs is 2. The van der Waals surface area contributed by atoms with Gasteiger partial charge in [0, 0.05) is 31.1 Å². The monoisotopic (exact) mass is 396 g/mol. The molecule has 0 spiro atoms. The lowest BCUT2D eigenvalue weighted by Crippen LogP contribution is -2.47. The highest BCUT2D eigenvalue weighted by Crippen LogP contribution is 2.34. The van der Waals surface area contributed by atoms with Crippen molar-refractivity contribution < 1.29 is 0 Å². The Morgan fingerprint density at radius 2 is 1.63 bits per heavy atom. The Labute approximate surface area is 165 Å². The molecular formula is C19H20N6S2. The topological polar surface area (TPSA) is 58.0 Å². The molecule has 4 aromatic rings. The molecule has 0 atom stereocenters. The third kappa shape index (κ3) is 2.83. The number of nitrogens with zero attached hydrogens (tertiary/aromatic N) is 6. The summed E-state index contributed by atoms with van der Waals surface area (Å²) in [5.74, 6) is 2.97. The Balaban J connectivity index is 1.44. The summed E-state index contributed by atoms with van der Waals surface area (Å²) >= 11 is 3.43. The molecule has 0 aromatic carbocycles. The lowest BCUT2D eigenvalue weighted by Gasteiger charge is -2.36. The molecule has 0 bridgehead atoms. The van der Waals surface area contributed by atoms with Crippen LogP contribution in [0.5, 0.6) is 0 Å². The van der Waals surface area contributed by atoms with Crippen molar-refractivity contribution in [1.29, 1.82) is 0 Å². The summed E-state index contributed by atoms with van der Waals surface area (Å²) in [5, 5.41) is 4.55. The first kappa shape index (κ1) is 16.8. The number of aryl methyl sites for hydroxylation is 3. The van der Waals surface area contributed by atoms with E-state index in [0.717, 1.165) is 53.3 Å². The Bertz CT molecular complexity index is 1140. The molecule has 27 heavy (non-hydrogen) atoms. The highest BCUT2D eigenvalue weighted by Gasteiger charge is 2.24. The zero-order valence-corrected chi connectivity index (χ0v) is 17.2. The zero-order valence-electron chi connectivity index (χ0n) is 15.6. The third-order valence-corrected chi connectivity index (χ3v) is 6.97. The number of thiophene rings is 2. The van der Waals surface area contributed by atoms with Crippen LogP contribution in [0.3, 0.4) is 0 Å². The summed E-state index contributed by atoms with van der Waals surface area (Å²) < 4.78 is 0. The number of anilines is 2. The van der Waals surface area contributed by atoms with Gasteiger partial charge in [0.15, 0.2) is 0 Å². The van der Waals surface area contributed by atoms with E-state index in [1.807, 2.05) is 6.92 Å². The second kappa shape index (κ2) is 6.38. The molecule has 1 saturated heterocycles. The van der Waals surface area contributed by atoms with E-state index < -0.39 is 0 Å². The zero-order chi connectivity index (χ0) is 18.5. The maximum Gasteiger partial charge on any atom is 0.141 e. The maximum absolute atomic E-state index is 4.79. The van der Waals surface area contributed by atoms with Gasteiger partial charge < -0.3 is 9.80 Å². The second-order valence-corrected chi connectivity index (χ2v) is 9.03. The van der Waals surface area contributed by atoms with Gasteiger partial charge in [0.2, 0.25) is 0 Å². The Kier molecular flexibility index (Phi) is 3.98. The van der Waals surface area contributed by atoms with Gasteiger partial charge in [-0.3, -0.25) is 0 Å². The Hall–Kier alpha value is -2.32. The minimum atomic E-state index is 0.841.